The monoisotopic (exact) mass is 315 g/mol. The lowest BCUT2D eigenvalue weighted by atomic mass is 10.1. The zero-order valence-electron chi connectivity index (χ0n) is 9.40. The zero-order valence-corrected chi connectivity index (χ0v) is 11.0. The highest BCUT2D eigenvalue weighted by Gasteiger charge is 2.34. The third-order valence-corrected chi connectivity index (χ3v) is 3.43. The number of benzene rings is 1. The molecular weight excluding hydrogens is 305 g/mol. The van der Waals surface area contributed by atoms with Gasteiger partial charge in [0.25, 0.3) is 0 Å². The van der Waals surface area contributed by atoms with Crippen molar-refractivity contribution in [3.63, 3.8) is 0 Å². The molecule has 1 fully saturated rings. The number of carbonyl (C=O) groups is 2. The van der Waals surface area contributed by atoms with Gasteiger partial charge < -0.3 is 10.0 Å². The van der Waals surface area contributed by atoms with Crippen LogP contribution in [0.4, 0.5) is 4.39 Å². The summed E-state index contributed by atoms with van der Waals surface area (Å²) in [6, 6.07) is 4.60. The van der Waals surface area contributed by atoms with Gasteiger partial charge in [0.05, 0.1) is 5.92 Å². The number of likely N-dealkylation sites (tertiary alicyclic amines) is 1. The van der Waals surface area contributed by atoms with Crippen LogP contribution in [0.15, 0.2) is 22.7 Å². The fourth-order valence-electron chi connectivity index (χ4n) is 1.95. The number of hydrogen-bond acceptors (Lipinski definition) is 2. The van der Waals surface area contributed by atoms with Gasteiger partial charge in [-0.05, 0) is 12.1 Å². The molecule has 1 atom stereocenters. The highest BCUT2D eigenvalue weighted by Crippen LogP contribution is 2.22. The summed E-state index contributed by atoms with van der Waals surface area (Å²) in [6.45, 7) is 0.255. The van der Waals surface area contributed by atoms with E-state index in [1.807, 2.05) is 0 Å². The standard InChI is InChI=1S/C12H11BrFNO3/c13-9-2-1-7(10(14)4-9)5-15-6-8(12(17)18)3-11(15)16/h1-2,4,8H,3,5-6H2,(H,17,18). The Morgan fingerprint density at radius 1 is 1.56 bits per heavy atom. The van der Waals surface area contributed by atoms with Gasteiger partial charge in [0.2, 0.25) is 5.91 Å². The van der Waals surface area contributed by atoms with Crippen LogP contribution >= 0.6 is 15.9 Å². The minimum Gasteiger partial charge on any atom is -0.481 e. The number of carboxylic acid groups (broad SMARTS) is 1. The van der Waals surface area contributed by atoms with E-state index < -0.39 is 17.7 Å². The number of carboxylic acids is 1. The SMILES string of the molecule is O=C(O)C1CC(=O)N(Cc2ccc(Br)cc2F)C1. The molecule has 0 aromatic heterocycles. The van der Waals surface area contributed by atoms with Crippen LogP contribution in [0.3, 0.4) is 0 Å². The summed E-state index contributed by atoms with van der Waals surface area (Å²) in [5.74, 6) is -2.32. The van der Waals surface area contributed by atoms with Crippen LogP contribution in [0, 0.1) is 11.7 Å². The topological polar surface area (TPSA) is 57.6 Å². The van der Waals surface area contributed by atoms with Crippen LogP contribution in [0.25, 0.3) is 0 Å². The van der Waals surface area contributed by atoms with Gasteiger partial charge in [0.1, 0.15) is 5.82 Å². The molecule has 1 heterocycles. The molecule has 18 heavy (non-hydrogen) atoms. The van der Waals surface area contributed by atoms with Crippen molar-refractivity contribution in [1.29, 1.82) is 0 Å². The molecule has 4 nitrogen and oxygen atoms in total. The van der Waals surface area contributed by atoms with Crippen molar-refractivity contribution in [2.75, 3.05) is 6.54 Å². The summed E-state index contributed by atoms with van der Waals surface area (Å²) < 4.78 is 14.2. The fourth-order valence-corrected chi connectivity index (χ4v) is 2.28. The van der Waals surface area contributed by atoms with Gasteiger partial charge in [-0.25, -0.2) is 4.39 Å². The molecule has 0 aliphatic carbocycles. The number of halogens is 2. The third kappa shape index (κ3) is 2.69. The second-order valence-corrected chi connectivity index (χ2v) is 5.16. The van der Waals surface area contributed by atoms with Gasteiger partial charge in [-0.2, -0.15) is 0 Å². The van der Waals surface area contributed by atoms with E-state index >= 15 is 0 Å². The van der Waals surface area contributed by atoms with E-state index in [1.165, 1.54) is 11.0 Å². The number of carbonyl (C=O) groups excluding carboxylic acids is 1. The molecule has 1 aromatic rings. The van der Waals surface area contributed by atoms with E-state index in [9.17, 15) is 14.0 Å². The number of nitrogens with zero attached hydrogens (tertiary/aromatic N) is 1. The quantitative estimate of drug-likeness (QED) is 0.928. The Kier molecular flexibility index (Phi) is 3.65. The molecule has 1 aliphatic heterocycles. The molecule has 0 saturated carbocycles. The van der Waals surface area contributed by atoms with Crippen molar-refractivity contribution in [2.45, 2.75) is 13.0 Å². The first kappa shape index (κ1) is 13.0. The van der Waals surface area contributed by atoms with E-state index in [0.717, 1.165) is 0 Å². The molecule has 0 radical (unpaired) electrons. The first-order valence-electron chi connectivity index (χ1n) is 5.42. The van der Waals surface area contributed by atoms with Crippen molar-refractivity contribution in [3.8, 4) is 0 Å². The van der Waals surface area contributed by atoms with Gasteiger partial charge in [0, 0.05) is 29.5 Å². The molecule has 0 spiro atoms. The van der Waals surface area contributed by atoms with Crippen molar-refractivity contribution in [1.82, 2.24) is 4.90 Å². The molecule has 1 saturated heterocycles. The second kappa shape index (κ2) is 5.06. The number of rotatable bonds is 3. The smallest absolute Gasteiger partial charge is 0.308 e. The van der Waals surface area contributed by atoms with Gasteiger partial charge in [-0.15, -0.1) is 0 Å². The van der Waals surface area contributed by atoms with E-state index in [4.69, 9.17) is 5.11 Å². The van der Waals surface area contributed by atoms with Crippen LogP contribution < -0.4 is 0 Å². The summed E-state index contributed by atoms with van der Waals surface area (Å²) in [4.78, 5) is 23.8. The maximum atomic E-state index is 13.6. The number of hydrogen-bond donors (Lipinski definition) is 1. The number of amides is 1. The van der Waals surface area contributed by atoms with Crippen molar-refractivity contribution in [2.24, 2.45) is 5.92 Å². The molecule has 1 aromatic carbocycles. The maximum absolute atomic E-state index is 13.6. The lowest BCUT2D eigenvalue weighted by Gasteiger charge is -2.16. The Morgan fingerprint density at radius 2 is 2.28 bits per heavy atom. The first-order chi connectivity index (χ1) is 8.47. The highest BCUT2D eigenvalue weighted by atomic mass is 79.9. The minimum atomic E-state index is -0.984. The van der Waals surface area contributed by atoms with Crippen molar-refractivity contribution < 1.29 is 19.1 Å². The Balaban J connectivity index is 2.10. The predicted octanol–water partition coefficient (Wildman–Crippen LogP) is 2.02. The summed E-state index contributed by atoms with van der Waals surface area (Å²) in [5.41, 5.74) is 0.387. The molecular formula is C12H11BrFNO3. The normalized spacial score (nSPS) is 19.3. The second-order valence-electron chi connectivity index (χ2n) is 4.25. The predicted molar refractivity (Wildman–Crippen MR) is 65.3 cm³/mol. The lowest BCUT2D eigenvalue weighted by molar-refractivity contribution is -0.141. The molecule has 96 valence electrons. The average Bonchev–Trinajstić information content (AvgIpc) is 2.64. The molecule has 1 amide bonds. The third-order valence-electron chi connectivity index (χ3n) is 2.94. The maximum Gasteiger partial charge on any atom is 0.308 e. The van der Waals surface area contributed by atoms with Crippen LogP contribution in [0.2, 0.25) is 0 Å². The van der Waals surface area contributed by atoms with Gasteiger partial charge >= 0.3 is 5.97 Å². The molecule has 1 aliphatic rings. The Morgan fingerprint density at radius 3 is 2.83 bits per heavy atom. The van der Waals surface area contributed by atoms with Crippen LogP contribution in [-0.2, 0) is 16.1 Å². The zero-order chi connectivity index (χ0) is 13.3. The molecule has 1 N–H and O–H groups in total. The summed E-state index contributed by atoms with van der Waals surface area (Å²) in [6.07, 6.45) is -0.00647. The highest BCUT2D eigenvalue weighted by molar-refractivity contribution is 9.10. The van der Waals surface area contributed by atoms with Crippen LogP contribution in [0.1, 0.15) is 12.0 Å². The van der Waals surface area contributed by atoms with Crippen LogP contribution in [-0.4, -0.2) is 28.4 Å². The largest absolute Gasteiger partial charge is 0.481 e. The van der Waals surface area contributed by atoms with Crippen LogP contribution in [0.5, 0.6) is 0 Å². The Labute approximate surface area is 112 Å². The Hall–Kier alpha value is -1.43. The first-order valence-corrected chi connectivity index (χ1v) is 6.21. The summed E-state index contributed by atoms with van der Waals surface area (Å²) in [7, 11) is 0. The van der Waals surface area contributed by atoms with Gasteiger partial charge in [-0.1, -0.05) is 22.0 Å². The minimum absolute atomic E-state index is 0.00647. The lowest BCUT2D eigenvalue weighted by Crippen LogP contribution is -2.26. The van der Waals surface area contributed by atoms with E-state index in [1.54, 1.807) is 12.1 Å². The average molecular weight is 316 g/mol. The summed E-state index contributed by atoms with van der Waals surface area (Å²) >= 11 is 3.15. The molecule has 1 unspecified atom stereocenters. The van der Waals surface area contributed by atoms with Gasteiger partial charge in [0.15, 0.2) is 0 Å². The van der Waals surface area contributed by atoms with E-state index in [-0.39, 0.29) is 25.4 Å². The molecule has 6 heteroatoms. The van der Waals surface area contributed by atoms with E-state index in [0.29, 0.717) is 10.0 Å². The molecule has 2 rings (SSSR count). The number of aliphatic carboxylic acids is 1. The Bertz CT molecular complexity index is 506. The van der Waals surface area contributed by atoms with Gasteiger partial charge in [-0.3, -0.25) is 9.59 Å². The summed E-state index contributed by atoms with van der Waals surface area (Å²) in [5, 5.41) is 8.85. The van der Waals surface area contributed by atoms with E-state index in [2.05, 4.69) is 15.9 Å². The fraction of sp³-hybridized carbons (Fsp3) is 0.333. The van der Waals surface area contributed by atoms with Crippen molar-refractivity contribution >= 4 is 27.8 Å². The van der Waals surface area contributed by atoms with Crippen molar-refractivity contribution in [3.05, 3.63) is 34.1 Å². The molecule has 0 bridgehead atoms.